The van der Waals surface area contributed by atoms with Crippen molar-refractivity contribution >= 4 is 28.7 Å². The molecule has 0 radical (unpaired) electrons. The monoisotopic (exact) mass is 496 g/mol. The molecule has 0 N–H and O–H groups in total. The Labute approximate surface area is 196 Å². The van der Waals surface area contributed by atoms with Crippen LogP contribution in [-0.2, 0) is 17.5 Å². The van der Waals surface area contributed by atoms with Gasteiger partial charge in [0.2, 0.25) is 5.91 Å². The average Bonchev–Trinajstić information content (AvgIpc) is 3.30. The fourth-order valence-corrected chi connectivity index (χ4v) is 4.78. The number of nitrogens with zero attached hydrogens (tertiary/aromatic N) is 8. The molecule has 0 aromatic carbocycles. The molecule has 0 atom stereocenters. The zero-order valence-corrected chi connectivity index (χ0v) is 18.6. The summed E-state index contributed by atoms with van der Waals surface area (Å²) < 4.78 is 66.1. The largest absolute Gasteiger partial charge is 0.434 e. The first-order valence-electron chi connectivity index (χ1n) is 11.0. The van der Waals surface area contributed by atoms with Crippen LogP contribution in [0.25, 0.3) is 11.2 Å². The lowest BCUT2D eigenvalue weighted by Gasteiger charge is -2.38. The average molecular weight is 496 g/mol. The Morgan fingerprint density at radius 2 is 1.74 bits per heavy atom. The van der Waals surface area contributed by atoms with E-state index >= 15 is 0 Å². The van der Waals surface area contributed by atoms with E-state index in [1.54, 1.807) is 13.1 Å². The molecule has 3 aromatic rings. The molecule has 0 bridgehead atoms. The summed E-state index contributed by atoms with van der Waals surface area (Å²) in [5.41, 5.74) is -0.628. The Morgan fingerprint density at radius 1 is 1.03 bits per heavy atom. The van der Waals surface area contributed by atoms with Gasteiger partial charge in [-0.05, 0) is 26.2 Å². The Kier molecular flexibility index (Phi) is 5.55. The highest BCUT2D eigenvalue weighted by molar-refractivity contribution is 5.99. The van der Waals surface area contributed by atoms with Crippen LogP contribution in [0, 0.1) is 12.3 Å². The highest BCUT2D eigenvalue weighted by atomic mass is 19.4. The molecular formula is C21H21F5N8O. The summed E-state index contributed by atoms with van der Waals surface area (Å²) >= 11 is 0. The summed E-state index contributed by atoms with van der Waals surface area (Å²) in [7, 11) is 0. The van der Waals surface area contributed by atoms with Gasteiger partial charge in [0.25, 0.3) is 6.43 Å². The maximum Gasteiger partial charge on any atom is 0.434 e. The van der Waals surface area contributed by atoms with Gasteiger partial charge in [-0.3, -0.25) is 14.7 Å². The van der Waals surface area contributed by atoms with E-state index in [9.17, 15) is 26.7 Å². The lowest BCUT2D eigenvalue weighted by molar-refractivity contribution is -0.141. The third kappa shape index (κ3) is 4.14. The molecule has 0 aliphatic carbocycles. The molecule has 9 nitrogen and oxygen atoms in total. The zero-order chi connectivity index (χ0) is 25.0. The molecule has 14 heteroatoms. The van der Waals surface area contributed by atoms with Gasteiger partial charge in [-0.1, -0.05) is 0 Å². The quantitative estimate of drug-likeness (QED) is 0.512. The Hall–Kier alpha value is -3.45. The second-order valence-corrected chi connectivity index (χ2v) is 8.79. The van der Waals surface area contributed by atoms with Crippen LogP contribution in [-0.4, -0.2) is 61.7 Å². The molecule has 2 aliphatic rings. The summed E-state index contributed by atoms with van der Waals surface area (Å²) in [6, 6.07) is 0. The molecule has 5 rings (SSSR count). The van der Waals surface area contributed by atoms with Gasteiger partial charge in [-0.15, -0.1) is 0 Å². The second-order valence-electron chi connectivity index (χ2n) is 8.79. The lowest BCUT2D eigenvalue weighted by Crippen LogP contribution is -2.45. The van der Waals surface area contributed by atoms with Crippen molar-refractivity contribution in [1.29, 1.82) is 0 Å². The Bertz CT molecular complexity index is 1270. The number of anilines is 2. The first-order chi connectivity index (χ1) is 16.6. The smallest absolute Gasteiger partial charge is 0.355 e. The van der Waals surface area contributed by atoms with Crippen LogP contribution in [0.5, 0.6) is 0 Å². The molecule has 0 unspecified atom stereocenters. The molecular weight excluding hydrogens is 475 g/mol. The van der Waals surface area contributed by atoms with Crippen LogP contribution in [0.1, 0.15) is 30.7 Å². The number of hydrogen-bond donors (Lipinski definition) is 0. The number of aryl methyl sites for hydroxylation is 1. The van der Waals surface area contributed by atoms with Crippen molar-refractivity contribution in [2.45, 2.75) is 45.3 Å². The third-order valence-corrected chi connectivity index (χ3v) is 6.66. The topological polar surface area (TPSA) is 92.9 Å². The molecule has 5 heterocycles. The van der Waals surface area contributed by atoms with Gasteiger partial charge in [0, 0.05) is 19.6 Å². The number of rotatable bonds is 4. The molecule has 3 aromatic heterocycles. The predicted molar refractivity (Wildman–Crippen MR) is 114 cm³/mol. The third-order valence-electron chi connectivity index (χ3n) is 6.66. The van der Waals surface area contributed by atoms with E-state index in [1.807, 2.05) is 4.90 Å². The SMILES string of the molecule is Cc1nn(CC(F)F)c2nc(N3CCC4(CC3)CCN(c3cncc(C(F)(F)F)n3)C4=O)cnc12. The first kappa shape index (κ1) is 23.3. The van der Waals surface area contributed by atoms with Crippen molar-refractivity contribution in [3.63, 3.8) is 0 Å². The van der Waals surface area contributed by atoms with Crippen molar-refractivity contribution < 1.29 is 26.7 Å². The van der Waals surface area contributed by atoms with Gasteiger partial charge in [0.15, 0.2) is 17.2 Å². The van der Waals surface area contributed by atoms with E-state index in [4.69, 9.17) is 0 Å². The summed E-state index contributed by atoms with van der Waals surface area (Å²) in [5, 5.41) is 4.10. The van der Waals surface area contributed by atoms with E-state index in [-0.39, 0.29) is 23.9 Å². The normalized spacial score (nSPS) is 18.4. The first-order valence-corrected chi connectivity index (χ1v) is 11.0. The number of alkyl halides is 5. The van der Waals surface area contributed by atoms with Gasteiger partial charge in [-0.25, -0.2) is 28.4 Å². The zero-order valence-electron chi connectivity index (χ0n) is 18.6. The fourth-order valence-electron chi connectivity index (χ4n) is 4.78. The molecule has 1 amide bonds. The van der Waals surface area contributed by atoms with Crippen LogP contribution in [0.15, 0.2) is 18.6 Å². The maximum absolute atomic E-state index is 13.3. The summed E-state index contributed by atoms with van der Waals surface area (Å²) in [5.74, 6) is 0.120. The predicted octanol–water partition coefficient (Wildman–Crippen LogP) is 3.23. The summed E-state index contributed by atoms with van der Waals surface area (Å²) in [6.07, 6.45) is -2.48. The van der Waals surface area contributed by atoms with E-state index in [1.165, 1.54) is 4.90 Å². The highest BCUT2D eigenvalue weighted by Gasteiger charge is 2.49. The van der Waals surface area contributed by atoms with Crippen molar-refractivity contribution in [2.75, 3.05) is 29.4 Å². The summed E-state index contributed by atoms with van der Waals surface area (Å²) in [4.78, 5) is 32.5. The fraction of sp³-hybridized carbons (Fsp3) is 0.524. The van der Waals surface area contributed by atoms with Gasteiger partial charge < -0.3 is 4.90 Å². The number of piperidine rings is 1. The molecule has 35 heavy (non-hydrogen) atoms. The minimum Gasteiger partial charge on any atom is -0.355 e. The molecule has 0 saturated carbocycles. The van der Waals surface area contributed by atoms with E-state index in [2.05, 4.69) is 25.0 Å². The minimum absolute atomic E-state index is 0.108. The maximum atomic E-state index is 13.3. The molecule has 2 fully saturated rings. The lowest BCUT2D eigenvalue weighted by atomic mass is 9.77. The van der Waals surface area contributed by atoms with Gasteiger partial charge in [0.05, 0.1) is 29.7 Å². The van der Waals surface area contributed by atoms with Crippen LogP contribution < -0.4 is 9.80 Å². The second kappa shape index (κ2) is 8.34. The highest BCUT2D eigenvalue weighted by Crippen LogP contribution is 2.43. The standard InChI is InChI=1S/C21H21F5N8O/c1-12-17-18(34(31-12)11-14(22)23)30-15(10-28-17)32-5-2-20(3-6-32)4-7-33(19(20)35)16-9-27-8-13(29-16)21(24,25)26/h8-10,14H,2-7,11H2,1H3. The van der Waals surface area contributed by atoms with E-state index in [0.717, 1.165) is 10.9 Å². The van der Waals surface area contributed by atoms with Crippen molar-refractivity contribution in [2.24, 2.45) is 5.41 Å². The van der Waals surface area contributed by atoms with Crippen molar-refractivity contribution in [1.82, 2.24) is 29.7 Å². The Balaban J connectivity index is 1.32. The number of fused-ring (bicyclic) bond motifs is 1. The van der Waals surface area contributed by atoms with Gasteiger partial charge >= 0.3 is 6.18 Å². The number of hydrogen-bond acceptors (Lipinski definition) is 7. The molecule has 2 saturated heterocycles. The molecule has 1 spiro atoms. The number of halogens is 5. The van der Waals surface area contributed by atoms with Crippen LogP contribution in [0.4, 0.5) is 33.6 Å². The minimum atomic E-state index is -4.65. The Morgan fingerprint density at radius 3 is 2.43 bits per heavy atom. The van der Waals surface area contributed by atoms with E-state index in [0.29, 0.717) is 55.6 Å². The number of carbonyl (C=O) groups excluding carboxylic acids is 1. The van der Waals surface area contributed by atoms with Crippen LogP contribution in [0.2, 0.25) is 0 Å². The van der Waals surface area contributed by atoms with Crippen LogP contribution >= 0.6 is 0 Å². The molecule has 186 valence electrons. The number of amides is 1. The van der Waals surface area contributed by atoms with Crippen LogP contribution in [0.3, 0.4) is 0 Å². The number of aromatic nitrogens is 6. The van der Waals surface area contributed by atoms with Gasteiger partial charge in [-0.2, -0.15) is 18.3 Å². The van der Waals surface area contributed by atoms with Crippen molar-refractivity contribution in [3.05, 3.63) is 30.0 Å². The van der Waals surface area contributed by atoms with Crippen molar-refractivity contribution in [3.8, 4) is 0 Å². The van der Waals surface area contributed by atoms with E-state index < -0.39 is 30.3 Å². The summed E-state index contributed by atoms with van der Waals surface area (Å²) in [6.45, 7) is 2.25. The number of carbonyl (C=O) groups is 1. The molecule has 2 aliphatic heterocycles. The van der Waals surface area contributed by atoms with Gasteiger partial charge in [0.1, 0.15) is 17.9 Å².